The molecule has 3 rings (SSSR count). The molecule has 0 bridgehead atoms. The molecular formula is C13H8BrClN2O3. The Bertz CT molecular complexity index is 856. The highest BCUT2D eigenvalue weighted by molar-refractivity contribution is 9.10. The van der Waals surface area contributed by atoms with Gasteiger partial charge in [0, 0.05) is 16.6 Å². The predicted molar refractivity (Wildman–Crippen MR) is 80.5 cm³/mol. The van der Waals surface area contributed by atoms with Crippen LogP contribution in [0.4, 0.5) is 5.69 Å². The molecule has 0 spiro atoms. The van der Waals surface area contributed by atoms with Gasteiger partial charge in [-0.15, -0.1) is 0 Å². The lowest BCUT2D eigenvalue weighted by Gasteiger charge is -2.10. The summed E-state index contributed by atoms with van der Waals surface area (Å²) in [5.41, 5.74) is 7.10. The predicted octanol–water partition coefficient (Wildman–Crippen LogP) is 3.91. The van der Waals surface area contributed by atoms with Gasteiger partial charge in [0.1, 0.15) is 5.75 Å². The van der Waals surface area contributed by atoms with Crippen molar-refractivity contribution in [2.75, 3.05) is 5.73 Å². The Morgan fingerprint density at radius 1 is 1.25 bits per heavy atom. The van der Waals surface area contributed by atoms with Gasteiger partial charge < -0.3 is 14.9 Å². The van der Waals surface area contributed by atoms with Crippen molar-refractivity contribution in [2.45, 2.75) is 0 Å². The van der Waals surface area contributed by atoms with Gasteiger partial charge in [0.2, 0.25) is 0 Å². The molecule has 0 amide bonds. The second-order valence-corrected chi connectivity index (χ2v) is 5.40. The average molecular weight is 356 g/mol. The Hall–Kier alpha value is -1.92. The summed E-state index contributed by atoms with van der Waals surface area (Å²) < 4.78 is 11.4. The Kier molecular flexibility index (Phi) is 3.19. The lowest BCUT2D eigenvalue weighted by molar-refractivity contribution is 0.485. The van der Waals surface area contributed by atoms with Gasteiger partial charge in [-0.25, -0.2) is 4.79 Å². The third-order valence-corrected chi connectivity index (χ3v) is 3.45. The molecule has 0 aliphatic heterocycles. The van der Waals surface area contributed by atoms with Crippen molar-refractivity contribution in [1.29, 1.82) is 0 Å². The van der Waals surface area contributed by atoms with Crippen molar-refractivity contribution in [3.8, 4) is 11.5 Å². The second-order valence-electron chi connectivity index (χ2n) is 4.08. The standard InChI is InChI=1S/C13H8BrClN2O3/c14-6-1-2-10(7(15)3-6)19-11-5-9-12(4-8(11)16)20-13(18)17-9/h1-5H,16H2,(H,17,18). The Morgan fingerprint density at radius 2 is 2.05 bits per heavy atom. The molecule has 0 aliphatic rings. The minimum atomic E-state index is -0.543. The summed E-state index contributed by atoms with van der Waals surface area (Å²) in [6, 6.07) is 8.35. The molecule has 3 aromatic rings. The van der Waals surface area contributed by atoms with E-state index in [0.717, 1.165) is 4.47 Å². The van der Waals surface area contributed by atoms with E-state index in [4.69, 9.17) is 26.5 Å². The molecule has 3 N–H and O–H groups in total. The molecule has 7 heteroatoms. The maximum Gasteiger partial charge on any atom is 0.417 e. The van der Waals surface area contributed by atoms with Gasteiger partial charge in [0.05, 0.1) is 16.2 Å². The number of nitrogen functional groups attached to an aromatic ring is 1. The van der Waals surface area contributed by atoms with E-state index in [9.17, 15) is 4.79 Å². The van der Waals surface area contributed by atoms with Crippen molar-refractivity contribution < 1.29 is 9.15 Å². The Morgan fingerprint density at radius 3 is 2.80 bits per heavy atom. The van der Waals surface area contributed by atoms with E-state index in [1.807, 2.05) is 0 Å². The highest BCUT2D eigenvalue weighted by Crippen LogP contribution is 2.35. The highest BCUT2D eigenvalue weighted by Gasteiger charge is 2.10. The number of H-pyrrole nitrogens is 1. The van der Waals surface area contributed by atoms with E-state index in [-0.39, 0.29) is 0 Å². The SMILES string of the molecule is Nc1cc2oc(=O)[nH]c2cc1Oc1ccc(Br)cc1Cl. The zero-order valence-electron chi connectivity index (χ0n) is 9.94. The third kappa shape index (κ3) is 2.39. The second kappa shape index (κ2) is 4.88. The average Bonchev–Trinajstić information content (AvgIpc) is 2.72. The van der Waals surface area contributed by atoms with Crippen LogP contribution >= 0.6 is 27.5 Å². The first-order chi connectivity index (χ1) is 9.52. The number of hydrogen-bond acceptors (Lipinski definition) is 4. The number of nitrogens with two attached hydrogens (primary N) is 1. The number of halogens is 2. The summed E-state index contributed by atoms with van der Waals surface area (Å²) in [6.45, 7) is 0. The maximum atomic E-state index is 11.1. The Labute approximate surface area is 126 Å². The Balaban J connectivity index is 2.05. The highest BCUT2D eigenvalue weighted by atomic mass is 79.9. The summed E-state index contributed by atoms with van der Waals surface area (Å²) >= 11 is 9.40. The van der Waals surface area contributed by atoms with Gasteiger partial charge in [-0.3, -0.25) is 4.98 Å². The molecule has 0 fully saturated rings. The first-order valence-electron chi connectivity index (χ1n) is 5.58. The fourth-order valence-corrected chi connectivity index (χ4v) is 2.47. The molecule has 0 aliphatic carbocycles. The fraction of sp³-hybridized carbons (Fsp3) is 0. The maximum absolute atomic E-state index is 11.1. The van der Waals surface area contributed by atoms with Crippen LogP contribution in [0.5, 0.6) is 11.5 Å². The zero-order chi connectivity index (χ0) is 14.3. The first-order valence-corrected chi connectivity index (χ1v) is 6.75. The van der Waals surface area contributed by atoms with Crippen LogP contribution in [0.3, 0.4) is 0 Å². The minimum Gasteiger partial charge on any atom is -0.454 e. The number of ether oxygens (including phenoxy) is 1. The first kappa shape index (κ1) is 13.1. The van der Waals surface area contributed by atoms with Crippen molar-refractivity contribution in [2.24, 2.45) is 0 Å². The smallest absolute Gasteiger partial charge is 0.417 e. The largest absolute Gasteiger partial charge is 0.454 e. The van der Waals surface area contributed by atoms with Crippen molar-refractivity contribution >= 4 is 44.3 Å². The number of anilines is 1. The summed E-state index contributed by atoms with van der Waals surface area (Å²) in [5.74, 6) is 0.309. The summed E-state index contributed by atoms with van der Waals surface area (Å²) in [6.07, 6.45) is 0. The molecule has 2 aromatic carbocycles. The number of aromatic amines is 1. The van der Waals surface area contributed by atoms with E-state index >= 15 is 0 Å². The molecule has 0 saturated carbocycles. The molecule has 5 nitrogen and oxygen atoms in total. The molecule has 0 saturated heterocycles. The van der Waals surface area contributed by atoms with Crippen LogP contribution in [0.15, 0.2) is 44.0 Å². The van der Waals surface area contributed by atoms with Crippen LogP contribution in [0, 0.1) is 0 Å². The van der Waals surface area contributed by atoms with Crippen LogP contribution < -0.4 is 16.2 Å². The number of oxazole rings is 1. The number of nitrogens with one attached hydrogen (secondary N) is 1. The van der Waals surface area contributed by atoms with Crippen LogP contribution in [-0.4, -0.2) is 4.98 Å². The monoisotopic (exact) mass is 354 g/mol. The number of hydrogen-bond donors (Lipinski definition) is 2. The fourth-order valence-electron chi connectivity index (χ4n) is 1.76. The molecule has 102 valence electrons. The number of benzene rings is 2. The van der Waals surface area contributed by atoms with E-state index in [0.29, 0.717) is 33.3 Å². The van der Waals surface area contributed by atoms with E-state index in [1.165, 1.54) is 6.07 Å². The topological polar surface area (TPSA) is 81.2 Å². The van der Waals surface area contributed by atoms with Crippen molar-refractivity contribution in [3.05, 3.63) is 50.4 Å². The van der Waals surface area contributed by atoms with E-state index < -0.39 is 5.76 Å². The normalized spacial score (nSPS) is 10.9. The van der Waals surface area contributed by atoms with E-state index in [1.54, 1.807) is 24.3 Å². The summed E-state index contributed by atoms with van der Waals surface area (Å²) in [7, 11) is 0. The van der Waals surface area contributed by atoms with Gasteiger partial charge in [-0.05, 0) is 18.2 Å². The van der Waals surface area contributed by atoms with Gasteiger partial charge in [0.15, 0.2) is 11.3 Å². The van der Waals surface area contributed by atoms with E-state index in [2.05, 4.69) is 20.9 Å². The lowest BCUT2D eigenvalue weighted by Crippen LogP contribution is -1.94. The molecule has 0 atom stereocenters. The van der Waals surface area contributed by atoms with Crippen LogP contribution in [0.2, 0.25) is 5.02 Å². The number of aromatic nitrogens is 1. The van der Waals surface area contributed by atoms with Gasteiger partial charge >= 0.3 is 5.76 Å². The quantitative estimate of drug-likeness (QED) is 0.683. The number of rotatable bonds is 2. The van der Waals surface area contributed by atoms with Crippen LogP contribution in [-0.2, 0) is 0 Å². The van der Waals surface area contributed by atoms with Gasteiger partial charge in [0.25, 0.3) is 0 Å². The van der Waals surface area contributed by atoms with Crippen LogP contribution in [0.1, 0.15) is 0 Å². The van der Waals surface area contributed by atoms with Gasteiger partial charge in [-0.1, -0.05) is 27.5 Å². The summed E-state index contributed by atoms with van der Waals surface area (Å²) in [4.78, 5) is 13.7. The number of fused-ring (bicyclic) bond motifs is 1. The van der Waals surface area contributed by atoms with Crippen molar-refractivity contribution in [1.82, 2.24) is 4.98 Å². The zero-order valence-corrected chi connectivity index (χ0v) is 12.3. The molecule has 20 heavy (non-hydrogen) atoms. The molecule has 0 unspecified atom stereocenters. The molecule has 1 heterocycles. The molecule has 0 radical (unpaired) electrons. The van der Waals surface area contributed by atoms with Crippen molar-refractivity contribution in [3.63, 3.8) is 0 Å². The lowest BCUT2D eigenvalue weighted by atomic mass is 10.2. The molecule has 1 aromatic heterocycles. The third-order valence-electron chi connectivity index (χ3n) is 2.67. The van der Waals surface area contributed by atoms with Crippen LogP contribution in [0.25, 0.3) is 11.1 Å². The van der Waals surface area contributed by atoms with Gasteiger partial charge in [-0.2, -0.15) is 0 Å². The summed E-state index contributed by atoms with van der Waals surface area (Å²) in [5, 5.41) is 0.444. The minimum absolute atomic E-state index is 0.347. The molecular weight excluding hydrogens is 348 g/mol.